The van der Waals surface area contributed by atoms with E-state index in [4.69, 9.17) is 17.0 Å². The average molecular weight is 473 g/mol. The van der Waals surface area contributed by atoms with E-state index >= 15 is 0 Å². The minimum absolute atomic E-state index is 0.187. The van der Waals surface area contributed by atoms with E-state index in [0.29, 0.717) is 47.6 Å². The van der Waals surface area contributed by atoms with E-state index in [1.165, 1.54) is 16.7 Å². The van der Waals surface area contributed by atoms with Gasteiger partial charge >= 0.3 is 6.09 Å². The molecule has 0 radical (unpaired) electrons. The Morgan fingerprint density at radius 3 is 2.47 bits per heavy atom. The molecule has 2 saturated heterocycles. The largest absolute Gasteiger partial charge is 0.450 e. The van der Waals surface area contributed by atoms with Crippen LogP contribution in [0.4, 0.5) is 10.5 Å². The summed E-state index contributed by atoms with van der Waals surface area (Å²) in [6.45, 7) is 4.18. The Hall–Kier alpha value is -2.85. The van der Waals surface area contributed by atoms with Crippen molar-refractivity contribution >= 4 is 63.0 Å². The second-order valence-corrected chi connectivity index (χ2v) is 9.23. The van der Waals surface area contributed by atoms with Gasteiger partial charge in [0.2, 0.25) is 0 Å². The van der Waals surface area contributed by atoms with Crippen molar-refractivity contribution in [3.05, 3.63) is 45.1 Å². The molecule has 8 nitrogen and oxygen atoms in total. The Labute approximate surface area is 195 Å². The number of hydrogen-bond acceptors (Lipinski definition) is 7. The number of piperazine rings is 1. The number of fused-ring (bicyclic) bond motifs is 1. The van der Waals surface area contributed by atoms with E-state index in [1.807, 2.05) is 24.3 Å². The van der Waals surface area contributed by atoms with E-state index in [0.717, 1.165) is 16.6 Å². The van der Waals surface area contributed by atoms with Crippen molar-refractivity contribution in [2.75, 3.05) is 44.7 Å². The molecule has 2 aliphatic rings. The summed E-state index contributed by atoms with van der Waals surface area (Å²) >= 11 is 6.44. The lowest BCUT2D eigenvalue weighted by Gasteiger charge is -2.36. The van der Waals surface area contributed by atoms with Crippen molar-refractivity contribution in [2.24, 2.45) is 7.05 Å². The van der Waals surface area contributed by atoms with Gasteiger partial charge in [-0.1, -0.05) is 42.2 Å². The molecular weight excluding hydrogens is 448 g/mol. The van der Waals surface area contributed by atoms with E-state index in [2.05, 4.69) is 4.90 Å². The highest BCUT2D eigenvalue weighted by Crippen LogP contribution is 2.35. The number of thiocarbonyl (C=S) groups is 1. The molecule has 1 aromatic heterocycles. The van der Waals surface area contributed by atoms with E-state index in [-0.39, 0.29) is 17.6 Å². The number of carbonyl (C=O) groups is 2. The molecule has 2 aliphatic heterocycles. The highest BCUT2D eigenvalue weighted by molar-refractivity contribution is 8.26. The quantitative estimate of drug-likeness (QED) is 0.502. The van der Waals surface area contributed by atoms with E-state index < -0.39 is 0 Å². The number of benzene rings is 1. The van der Waals surface area contributed by atoms with Crippen LogP contribution in [0.3, 0.4) is 0 Å². The lowest BCUT2D eigenvalue weighted by Crippen LogP contribution is -2.49. The number of para-hydroxylation sites is 1. The highest BCUT2D eigenvalue weighted by Gasteiger charge is 2.31. The van der Waals surface area contributed by atoms with Gasteiger partial charge in [-0.15, -0.1) is 0 Å². The first kappa shape index (κ1) is 22.3. The van der Waals surface area contributed by atoms with Crippen molar-refractivity contribution in [3.8, 4) is 0 Å². The van der Waals surface area contributed by atoms with Gasteiger partial charge < -0.3 is 19.1 Å². The summed E-state index contributed by atoms with van der Waals surface area (Å²) in [7, 11) is 3.36. The number of anilines is 1. The molecular formula is C22H24N4O4S2. The molecule has 0 atom stereocenters. The maximum Gasteiger partial charge on any atom is 0.409 e. The number of aryl methyl sites for hydroxylation is 1. The van der Waals surface area contributed by atoms with Gasteiger partial charge in [-0.2, -0.15) is 0 Å². The van der Waals surface area contributed by atoms with Gasteiger partial charge in [0.05, 0.1) is 28.3 Å². The number of thioether (sulfide) groups is 1. The number of amides is 2. The zero-order valence-corrected chi connectivity index (χ0v) is 19.8. The molecule has 168 valence electrons. The predicted octanol–water partition coefficient (Wildman–Crippen LogP) is 2.65. The van der Waals surface area contributed by atoms with Crippen LogP contribution in [0.1, 0.15) is 12.5 Å². The topological polar surface area (TPSA) is 75.1 Å². The van der Waals surface area contributed by atoms with Crippen LogP contribution in [-0.2, 0) is 16.6 Å². The molecule has 0 spiro atoms. The Kier molecular flexibility index (Phi) is 6.25. The van der Waals surface area contributed by atoms with Gasteiger partial charge in [0, 0.05) is 45.7 Å². The van der Waals surface area contributed by atoms with Crippen LogP contribution >= 0.6 is 24.0 Å². The molecule has 0 N–H and O–H groups in total. The van der Waals surface area contributed by atoms with Gasteiger partial charge in [0.1, 0.15) is 4.32 Å². The fourth-order valence-corrected chi connectivity index (χ4v) is 5.14. The number of aromatic nitrogens is 1. The molecule has 0 bridgehead atoms. The Morgan fingerprint density at radius 2 is 1.84 bits per heavy atom. The van der Waals surface area contributed by atoms with Gasteiger partial charge in [0.15, 0.2) is 0 Å². The maximum atomic E-state index is 13.4. The van der Waals surface area contributed by atoms with Crippen LogP contribution < -0.4 is 10.5 Å². The number of rotatable bonds is 3. The second kappa shape index (κ2) is 8.95. The van der Waals surface area contributed by atoms with Crippen molar-refractivity contribution in [3.63, 3.8) is 0 Å². The second-order valence-electron chi connectivity index (χ2n) is 7.56. The maximum absolute atomic E-state index is 13.4. The van der Waals surface area contributed by atoms with Crippen LogP contribution in [0.15, 0.2) is 34.0 Å². The average Bonchev–Trinajstić information content (AvgIpc) is 3.04. The van der Waals surface area contributed by atoms with Crippen LogP contribution in [0.5, 0.6) is 0 Å². The molecule has 1 aromatic carbocycles. The third-order valence-corrected chi connectivity index (χ3v) is 7.18. The Bertz CT molecular complexity index is 1200. The summed E-state index contributed by atoms with van der Waals surface area (Å²) in [5.74, 6) is -0.215. The number of carbonyl (C=O) groups excluding carboxylic acids is 2. The summed E-state index contributed by atoms with van der Waals surface area (Å²) < 4.78 is 7.19. The van der Waals surface area contributed by atoms with Gasteiger partial charge in [-0.05, 0) is 19.1 Å². The molecule has 2 amide bonds. The van der Waals surface area contributed by atoms with Gasteiger partial charge in [0.25, 0.3) is 11.5 Å². The number of ether oxygens (including phenoxy) is 1. The molecule has 0 unspecified atom stereocenters. The number of likely N-dealkylation sites (N-methyl/N-ethyl adjacent to an activating group) is 1. The SMILES string of the molecule is CCOC(=O)N1CCN(c2c(C=C3SC(=S)N(C)C3=O)c(=O)n(C)c3ccccc23)CC1. The van der Waals surface area contributed by atoms with Crippen molar-refractivity contribution < 1.29 is 14.3 Å². The van der Waals surface area contributed by atoms with Crippen molar-refractivity contribution in [1.82, 2.24) is 14.4 Å². The fraction of sp³-hybridized carbons (Fsp3) is 0.364. The first-order valence-corrected chi connectivity index (χ1v) is 11.6. The molecule has 0 saturated carbocycles. The third-order valence-electron chi connectivity index (χ3n) is 5.69. The van der Waals surface area contributed by atoms with Gasteiger partial charge in [-0.25, -0.2) is 4.79 Å². The standard InChI is InChI=1S/C22H24N4O4S2/c1-4-30-21(29)26-11-9-25(10-12-26)18-14-7-5-6-8-16(14)23(2)19(27)15(18)13-17-20(28)24(3)22(31)32-17/h5-8,13H,4,9-12H2,1-3H3. The van der Waals surface area contributed by atoms with E-state index in [9.17, 15) is 14.4 Å². The lowest BCUT2D eigenvalue weighted by molar-refractivity contribution is -0.121. The summed E-state index contributed by atoms with van der Waals surface area (Å²) in [5.41, 5.74) is 1.84. The molecule has 10 heteroatoms. The fourth-order valence-electron chi connectivity index (χ4n) is 3.98. The number of nitrogens with zero attached hydrogens (tertiary/aromatic N) is 4. The molecule has 2 fully saturated rings. The van der Waals surface area contributed by atoms with E-state index in [1.54, 1.807) is 36.6 Å². The first-order chi connectivity index (χ1) is 15.3. The van der Waals surface area contributed by atoms with Crippen molar-refractivity contribution in [2.45, 2.75) is 6.92 Å². The predicted molar refractivity (Wildman–Crippen MR) is 131 cm³/mol. The molecule has 32 heavy (non-hydrogen) atoms. The minimum Gasteiger partial charge on any atom is -0.450 e. The van der Waals surface area contributed by atoms with Gasteiger partial charge in [-0.3, -0.25) is 14.5 Å². The minimum atomic E-state index is -0.326. The normalized spacial score (nSPS) is 18.2. The number of pyridine rings is 1. The Morgan fingerprint density at radius 1 is 1.16 bits per heavy atom. The smallest absolute Gasteiger partial charge is 0.409 e. The molecule has 2 aromatic rings. The van der Waals surface area contributed by atoms with Crippen LogP contribution in [0.2, 0.25) is 0 Å². The van der Waals surface area contributed by atoms with Crippen molar-refractivity contribution in [1.29, 1.82) is 0 Å². The molecule has 3 heterocycles. The third kappa shape index (κ3) is 3.88. The monoisotopic (exact) mass is 472 g/mol. The summed E-state index contributed by atoms with van der Waals surface area (Å²) in [6.07, 6.45) is 1.33. The highest BCUT2D eigenvalue weighted by atomic mass is 32.2. The molecule has 4 rings (SSSR count). The Balaban J connectivity index is 1.81. The van der Waals surface area contributed by atoms with Crippen LogP contribution in [0.25, 0.3) is 17.0 Å². The lowest BCUT2D eigenvalue weighted by atomic mass is 10.1. The summed E-state index contributed by atoms with van der Waals surface area (Å²) in [6, 6.07) is 7.71. The first-order valence-electron chi connectivity index (χ1n) is 10.3. The van der Waals surface area contributed by atoms with Crippen LogP contribution in [-0.4, -0.2) is 70.5 Å². The summed E-state index contributed by atoms with van der Waals surface area (Å²) in [5, 5.41) is 0.914. The zero-order valence-electron chi connectivity index (χ0n) is 18.2. The zero-order chi connectivity index (χ0) is 23.0. The number of hydrogen-bond donors (Lipinski definition) is 0. The molecule has 0 aliphatic carbocycles. The van der Waals surface area contributed by atoms with Crippen LogP contribution in [0, 0.1) is 0 Å². The summed E-state index contributed by atoms with van der Waals surface area (Å²) in [4.78, 5) is 43.7.